The van der Waals surface area contributed by atoms with E-state index in [4.69, 9.17) is 10.5 Å². The first kappa shape index (κ1) is 13.6. The van der Waals surface area contributed by atoms with Gasteiger partial charge in [0.2, 0.25) is 11.9 Å². The predicted molar refractivity (Wildman–Crippen MR) is 81.8 cm³/mol. The van der Waals surface area contributed by atoms with Gasteiger partial charge < -0.3 is 15.4 Å². The lowest BCUT2D eigenvalue weighted by Gasteiger charge is -2.29. The van der Waals surface area contributed by atoms with Crippen LogP contribution in [0.3, 0.4) is 0 Å². The Bertz CT molecular complexity index is 631. The fraction of sp³-hybridized carbons (Fsp3) is 0.400. The maximum absolute atomic E-state index is 5.79. The molecule has 0 aliphatic carbocycles. The molecule has 0 amide bonds. The van der Waals surface area contributed by atoms with E-state index in [0.717, 1.165) is 31.5 Å². The molecule has 0 saturated heterocycles. The molecule has 6 heteroatoms. The van der Waals surface area contributed by atoms with Gasteiger partial charge in [0.25, 0.3) is 0 Å². The van der Waals surface area contributed by atoms with Crippen molar-refractivity contribution in [3.63, 3.8) is 0 Å². The number of ether oxygens (including phenoxy) is 1. The van der Waals surface area contributed by atoms with Gasteiger partial charge in [0.05, 0.1) is 6.61 Å². The van der Waals surface area contributed by atoms with Gasteiger partial charge in [-0.3, -0.25) is 0 Å². The van der Waals surface area contributed by atoms with Crippen LogP contribution in [0.25, 0.3) is 0 Å². The highest BCUT2D eigenvalue weighted by atomic mass is 16.5. The number of anilines is 3. The zero-order valence-electron chi connectivity index (χ0n) is 12.1. The SMILES string of the molecule is CCCOc1nc(N)nc(N2CCCc3ccccc32)n1. The van der Waals surface area contributed by atoms with Gasteiger partial charge in [-0.1, -0.05) is 25.1 Å². The number of hydrogen-bond acceptors (Lipinski definition) is 6. The number of rotatable bonds is 4. The van der Waals surface area contributed by atoms with E-state index in [1.807, 2.05) is 13.0 Å². The fourth-order valence-corrected chi connectivity index (χ4v) is 2.48. The van der Waals surface area contributed by atoms with E-state index in [1.54, 1.807) is 0 Å². The average Bonchev–Trinajstić information content (AvgIpc) is 2.52. The summed E-state index contributed by atoms with van der Waals surface area (Å²) in [6, 6.07) is 8.60. The monoisotopic (exact) mass is 285 g/mol. The molecule has 1 aliphatic heterocycles. The zero-order valence-corrected chi connectivity index (χ0v) is 12.1. The van der Waals surface area contributed by atoms with Crippen molar-refractivity contribution in [1.82, 2.24) is 15.0 Å². The summed E-state index contributed by atoms with van der Waals surface area (Å²) in [6.45, 7) is 3.47. The summed E-state index contributed by atoms with van der Waals surface area (Å²) in [5.41, 5.74) is 8.23. The van der Waals surface area contributed by atoms with Gasteiger partial charge in [-0.25, -0.2) is 0 Å². The van der Waals surface area contributed by atoms with Crippen molar-refractivity contribution in [3.8, 4) is 6.01 Å². The number of hydrogen-bond donors (Lipinski definition) is 1. The summed E-state index contributed by atoms with van der Waals surface area (Å²) in [6.07, 6.45) is 3.04. The van der Waals surface area contributed by atoms with E-state index in [-0.39, 0.29) is 5.95 Å². The van der Waals surface area contributed by atoms with Crippen LogP contribution in [-0.2, 0) is 6.42 Å². The van der Waals surface area contributed by atoms with E-state index in [1.165, 1.54) is 5.56 Å². The first-order valence-corrected chi connectivity index (χ1v) is 7.27. The summed E-state index contributed by atoms with van der Waals surface area (Å²) >= 11 is 0. The van der Waals surface area contributed by atoms with Crippen LogP contribution in [0.2, 0.25) is 0 Å². The van der Waals surface area contributed by atoms with Crippen LogP contribution in [0.1, 0.15) is 25.3 Å². The minimum atomic E-state index is 0.189. The van der Waals surface area contributed by atoms with E-state index < -0.39 is 0 Å². The van der Waals surface area contributed by atoms with Crippen LogP contribution < -0.4 is 15.4 Å². The molecular formula is C15H19N5O. The highest BCUT2D eigenvalue weighted by Crippen LogP contribution is 2.31. The Kier molecular flexibility index (Phi) is 3.85. The van der Waals surface area contributed by atoms with Crippen molar-refractivity contribution in [2.24, 2.45) is 0 Å². The molecule has 0 bridgehead atoms. The lowest BCUT2D eigenvalue weighted by Crippen LogP contribution is -2.26. The van der Waals surface area contributed by atoms with Crippen molar-refractivity contribution >= 4 is 17.6 Å². The van der Waals surface area contributed by atoms with Crippen molar-refractivity contribution in [2.75, 3.05) is 23.8 Å². The summed E-state index contributed by atoms with van der Waals surface area (Å²) in [7, 11) is 0. The predicted octanol–water partition coefficient (Wildman–Crippen LogP) is 2.33. The molecule has 0 unspecified atom stereocenters. The summed E-state index contributed by atoms with van der Waals surface area (Å²) in [5, 5.41) is 0. The Hall–Kier alpha value is -2.37. The summed E-state index contributed by atoms with van der Waals surface area (Å²) in [5.74, 6) is 0.745. The zero-order chi connectivity index (χ0) is 14.7. The standard InChI is InChI=1S/C15H19N5O/c1-2-10-21-15-18-13(16)17-14(19-15)20-9-5-7-11-6-3-4-8-12(11)20/h3-4,6,8H,2,5,7,9-10H2,1H3,(H2,16,17,18,19). The topological polar surface area (TPSA) is 77.2 Å². The number of benzene rings is 1. The molecule has 1 aliphatic rings. The van der Waals surface area contributed by atoms with E-state index in [9.17, 15) is 0 Å². The first-order valence-electron chi connectivity index (χ1n) is 7.27. The van der Waals surface area contributed by atoms with Crippen LogP contribution in [-0.4, -0.2) is 28.1 Å². The van der Waals surface area contributed by atoms with Crippen LogP contribution in [0.4, 0.5) is 17.6 Å². The third-order valence-electron chi connectivity index (χ3n) is 3.41. The summed E-state index contributed by atoms with van der Waals surface area (Å²) < 4.78 is 5.49. The molecule has 0 radical (unpaired) electrons. The number of nitrogens with two attached hydrogens (primary N) is 1. The van der Waals surface area contributed by atoms with Crippen molar-refractivity contribution in [2.45, 2.75) is 26.2 Å². The van der Waals surface area contributed by atoms with Gasteiger partial charge in [0.15, 0.2) is 0 Å². The maximum Gasteiger partial charge on any atom is 0.323 e. The Morgan fingerprint density at radius 2 is 2.10 bits per heavy atom. The number of aromatic nitrogens is 3. The lowest BCUT2D eigenvalue weighted by atomic mass is 10.0. The minimum Gasteiger partial charge on any atom is -0.463 e. The number of para-hydroxylation sites is 1. The molecule has 1 aromatic heterocycles. The van der Waals surface area contributed by atoms with E-state index >= 15 is 0 Å². The molecule has 2 N–H and O–H groups in total. The molecule has 2 heterocycles. The highest BCUT2D eigenvalue weighted by Gasteiger charge is 2.21. The van der Waals surface area contributed by atoms with Crippen LogP contribution in [0, 0.1) is 0 Å². The Balaban J connectivity index is 1.95. The summed E-state index contributed by atoms with van der Waals surface area (Å²) in [4.78, 5) is 14.8. The van der Waals surface area contributed by atoms with Crippen LogP contribution in [0.15, 0.2) is 24.3 Å². The average molecular weight is 285 g/mol. The minimum absolute atomic E-state index is 0.189. The molecule has 0 saturated carbocycles. The van der Waals surface area contributed by atoms with Crippen molar-refractivity contribution in [3.05, 3.63) is 29.8 Å². The molecule has 0 atom stereocenters. The van der Waals surface area contributed by atoms with Gasteiger partial charge in [-0.05, 0) is 30.9 Å². The lowest BCUT2D eigenvalue weighted by molar-refractivity contribution is 0.292. The van der Waals surface area contributed by atoms with Crippen molar-refractivity contribution < 1.29 is 4.74 Å². The fourth-order valence-electron chi connectivity index (χ4n) is 2.48. The number of nitrogens with zero attached hydrogens (tertiary/aromatic N) is 4. The van der Waals surface area contributed by atoms with Crippen LogP contribution in [0.5, 0.6) is 6.01 Å². The molecular weight excluding hydrogens is 266 g/mol. The Morgan fingerprint density at radius 1 is 1.24 bits per heavy atom. The second kappa shape index (κ2) is 5.95. The molecule has 21 heavy (non-hydrogen) atoms. The molecule has 1 aromatic carbocycles. The van der Waals surface area contributed by atoms with Crippen molar-refractivity contribution in [1.29, 1.82) is 0 Å². The van der Waals surface area contributed by atoms with E-state index in [2.05, 4.69) is 38.1 Å². The first-order chi connectivity index (χ1) is 10.3. The molecule has 2 aromatic rings. The number of fused-ring (bicyclic) bond motifs is 1. The van der Waals surface area contributed by atoms with Gasteiger partial charge >= 0.3 is 6.01 Å². The third-order valence-corrected chi connectivity index (χ3v) is 3.41. The third kappa shape index (κ3) is 2.89. The van der Waals surface area contributed by atoms with Gasteiger partial charge in [0, 0.05) is 12.2 Å². The highest BCUT2D eigenvalue weighted by molar-refractivity contribution is 5.63. The quantitative estimate of drug-likeness (QED) is 0.929. The van der Waals surface area contributed by atoms with E-state index in [0.29, 0.717) is 18.6 Å². The molecule has 6 nitrogen and oxygen atoms in total. The smallest absolute Gasteiger partial charge is 0.323 e. The molecule has 0 spiro atoms. The van der Waals surface area contributed by atoms with Crippen LogP contribution >= 0.6 is 0 Å². The molecule has 3 rings (SSSR count). The Labute approximate surface area is 124 Å². The second-order valence-electron chi connectivity index (χ2n) is 5.01. The normalized spacial score (nSPS) is 13.9. The largest absolute Gasteiger partial charge is 0.463 e. The number of nitrogen functional groups attached to an aromatic ring is 1. The van der Waals surface area contributed by atoms with Gasteiger partial charge in [-0.2, -0.15) is 15.0 Å². The Morgan fingerprint density at radius 3 is 2.95 bits per heavy atom. The van der Waals surface area contributed by atoms with Gasteiger partial charge in [-0.15, -0.1) is 0 Å². The second-order valence-corrected chi connectivity index (χ2v) is 5.01. The molecule has 0 fully saturated rings. The molecule has 110 valence electrons. The maximum atomic E-state index is 5.79. The van der Waals surface area contributed by atoms with Gasteiger partial charge in [0.1, 0.15) is 0 Å². The number of aryl methyl sites for hydroxylation is 1.